The van der Waals surface area contributed by atoms with Gasteiger partial charge < -0.3 is 0 Å². The maximum atomic E-state index is 12.2. The van der Waals surface area contributed by atoms with Crippen LogP contribution in [0.2, 0.25) is 11.6 Å². The number of ketones is 2. The van der Waals surface area contributed by atoms with Crippen LogP contribution in [0.25, 0.3) is 0 Å². The van der Waals surface area contributed by atoms with Gasteiger partial charge in [-0.1, -0.05) is 113 Å². The molecule has 0 amide bonds. The van der Waals surface area contributed by atoms with Gasteiger partial charge in [0.2, 0.25) is 17.2 Å². The Hall–Kier alpha value is -1.97. The van der Waals surface area contributed by atoms with Crippen LogP contribution in [-0.4, -0.2) is 39.3 Å². The van der Waals surface area contributed by atoms with E-state index >= 15 is 0 Å². The summed E-state index contributed by atoms with van der Waals surface area (Å²) >= 11 is 0. The third-order valence-electron chi connectivity index (χ3n) is 6.23. The van der Waals surface area contributed by atoms with Gasteiger partial charge in [-0.05, 0) is 35.8 Å². The molecule has 40 heavy (non-hydrogen) atoms. The Morgan fingerprint density at radius 2 is 0.975 bits per heavy atom. The summed E-state index contributed by atoms with van der Waals surface area (Å²) in [4.78, 5) is 24.5. The van der Waals surface area contributed by atoms with E-state index in [1.807, 2.05) is 60.7 Å². The predicted octanol–water partition coefficient (Wildman–Crippen LogP) is 6.71. The molecular weight excluding hydrogens is 536 g/mol. The Morgan fingerprint density at radius 1 is 0.650 bits per heavy atom. The molecule has 0 aliphatic heterocycles. The minimum absolute atomic E-state index is 0.0188. The summed E-state index contributed by atoms with van der Waals surface area (Å²) in [5.74, 6) is 0.708. The van der Waals surface area contributed by atoms with E-state index in [0.717, 1.165) is 24.0 Å². The number of rotatable bonds is 18. The number of hydrogen-bond acceptors (Lipinski definition) is 4. The van der Waals surface area contributed by atoms with E-state index in [0.29, 0.717) is 37.5 Å². The van der Waals surface area contributed by atoms with Crippen molar-refractivity contribution in [1.29, 1.82) is 0 Å². The van der Waals surface area contributed by atoms with Crippen molar-refractivity contribution in [1.82, 2.24) is 10.2 Å². The van der Waals surface area contributed by atoms with Gasteiger partial charge in [0.05, 0.1) is 27.8 Å². The molecule has 212 valence electrons. The molecule has 0 saturated heterocycles. The first kappa shape index (κ1) is 36.1. The monoisotopic (exact) mass is 578 g/mol. The molecule has 0 saturated carbocycles. The summed E-state index contributed by atoms with van der Waals surface area (Å²) in [5.41, 5.74) is 2.08. The summed E-state index contributed by atoms with van der Waals surface area (Å²) in [6.07, 6.45) is 3.33. The molecule has 0 spiro atoms. The molecule has 0 aromatic heterocycles. The van der Waals surface area contributed by atoms with Gasteiger partial charge in [-0.2, -0.15) is 0 Å². The standard InChI is InChI=1S/2C15H21BNO2P/c2*1-11(2)8-13(16)10-15(18)14(17-20-19)9-12-6-4-3-5-7-12/h2*3-7,11,13-14H,8-10H2,1-2H3,(H,17,19)/t13?,14-;13-,14-/m00/s1. The van der Waals surface area contributed by atoms with E-state index in [9.17, 15) is 18.7 Å². The second-order valence-electron chi connectivity index (χ2n) is 11.0. The summed E-state index contributed by atoms with van der Waals surface area (Å²) in [5, 5.41) is 5.40. The lowest BCUT2D eigenvalue weighted by atomic mass is 9.76. The second-order valence-corrected chi connectivity index (χ2v) is 11.9. The molecule has 2 aromatic rings. The molecule has 10 heteroatoms. The number of Topliss-reactive ketones (excluding diaryl/α,β-unsaturated/α-hetero) is 2. The zero-order valence-electron chi connectivity index (χ0n) is 24.2. The van der Waals surface area contributed by atoms with Crippen LogP contribution in [0.3, 0.4) is 0 Å². The molecule has 4 atom stereocenters. The van der Waals surface area contributed by atoms with E-state index in [1.54, 1.807) is 0 Å². The van der Waals surface area contributed by atoms with Crippen molar-refractivity contribution in [3.8, 4) is 0 Å². The quantitative estimate of drug-likeness (QED) is 0.151. The fourth-order valence-electron chi connectivity index (χ4n) is 4.47. The van der Waals surface area contributed by atoms with Crippen molar-refractivity contribution in [2.24, 2.45) is 11.8 Å². The molecule has 0 aliphatic carbocycles. The summed E-state index contributed by atoms with van der Waals surface area (Å²) in [6, 6.07) is 18.5. The average molecular weight is 578 g/mol. The molecule has 6 nitrogen and oxygen atoms in total. The second kappa shape index (κ2) is 20.8. The maximum absolute atomic E-state index is 12.2. The lowest BCUT2D eigenvalue weighted by Gasteiger charge is -2.18. The SMILES string of the molecule is [B]C(CC(=O)[C@H](Cc1ccccc1)NP=O)CC(C)C.[B][C@H](CC(=O)[C@H](Cc1ccccc1)NP=O)CC(C)C. The van der Waals surface area contributed by atoms with Gasteiger partial charge in [0.25, 0.3) is 0 Å². The van der Waals surface area contributed by atoms with Crippen LogP contribution in [0.1, 0.15) is 64.5 Å². The third kappa shape index (κ3) is 16.3. The first-order chi connectivity index (χ1) is 19.0. The first-order valence-corrected chi connectivity index (χ1v) is 15.5. The topological polar surface area (TPSA) is 92.3 Å². The highest BCUT2D eigenvalue weighted by Crippen LogP contribution is 2.21. The van der Waals surface area contributed by atoms with Crippen molar-refractivity contribution in [2.75, 3.05) is 0 Å². The lowest BCUT2D eigenvalue weighted by molar-refractivity contribution is -0.121. The highest BCUT2D eigenvalue weighted by molar-refractivity contribution is 7.21. The zero-order chi connectivity index (χ0) is 29.9. The van der Waals surface area contributed by atoms with E-state index in [1.165, 1.54) is 0 Å². The lowest BCUT2D eigenvalue weighted by Crippen LogP contribution is -2.34. The Labute approximate surface area is 246 Å². The van der Waals surface area contributed by atoms with Crippen molar-refractivity contribution in [3.63, 3.8) is 0 Å². The average Bonchev–Trinajstić information content (AvgIpc) is 2.88. The largest absolute Gasteiger partial charge is 0.298 e. The molecule has 4 radical (unpaired) electrons. The van der Waals surface area contributed by atoms with Crippen LogP contribution in [0.4, 0.5) is 0 Å². The van der Waals surface area contributed by atoms with Crippen LogP contribution in [0.5, 0.6) is 0 Å². The minimum atomic E-state index is -0.449. The van der Waals surface area contributed by atoms with Gasteiger partial charge in [-0.15, -0.1) is 0 Å². The number of hydrogen-bond donors (Lipinski definition) is 2. The highest BCUT2D eigenvalue weighted by atomic mass is 31.1. The fourth-order valence-corrected chi connectivity index (χ4v) is 5.19. The van der Waals surface area contributed by atoms with Crippen molar-refractivity contribution >= 4 is 44.5 Å². The molecule has 0 aliphatic rings. The number of carbonyl (C=O) groups is 2. The van der Waals surface area contributed by atoms with Crippen molar-refractivity contribution in [3.05, 3.63) is 71.8 Å². The van der Waals surface area contributed by atoms with Crippen LogP contribution in [0.15, 0.2) is 60.7 Å². The Morgan fingerprint density at radius 3 is 1.25 bits per heavy atom. The summed E-state index contributed by atoms with van der Waals surface area (Å²) < 4.78 is 21.6. The Kier molecular flexibility index (Phi) is 18.8. The normalized spacial score (nSPS) is 14.3. The number of nitrogens with one attached hydrogen (secondary N) is 2. The molecule has 1 unspecified atom stereocenters. The van der Waals surface area contributed by atoms with Gasteiger partial charge in [0.15, 0.2) is 0 Å². The molecule has 2 aromatic carbocycles. The highest BCUT2D eigenvalue weighted by Gasteiger charge is 2.22. The zero-order valence-corrected chi connectivity index (χ0v) is 26.0. The summed E-state index contributed by atoms with van der Waals surface area (Å²) in [7, 11) is 11.5. The number of benzene rings is 2. The van der Waals surface area contributed by atoms with Gasteiger partial charge in [0, 0.05) is 12.8 Å². The molecule has 0 fully saturated rings. The third-order valence-corrected chi connectivity index (χ3v) is 7.07. The first-order valence-electron chi connectivity index (χ1n) is 13.9. The van der Waals surface area contributed by atoms with Crippen LogP contribution >= 0.6 is 17.2 Å². The number of carbonyl (C=O) groups excluding carboxylic acids is 2. The van der Waals surface area contributed by atoms with E-state index < -0.39 is 12.1 Å². The molecule has 0 heterocycles. The predicted molar refractivity (Wildman–Crippen MR) is 167 cm³/mol. The van der Waals surface area contributed by atoms with Gasteiger partial charge in [0.1, 0.15) is 11.6 Å². The molecule has 2 rings (SSSR count). The molecule has 0 bridgehead atoms. The van der Waals surface area contributed by atoms with Crippen LogP contribution in [0, 0.1) is 11.8 Å². The van der Waals surface area contributed by atoms with Gasteiger partial charge >= 0.3 is 0 Å². The van der Waals surface area contributed by atoms with E-state index in [-0.39, 0.29) is 40.4 Å². The molecule has 2 N–H and O–H groups in total. The van der Waals surface area contributed by atoms with Crippen molar-refractivity contribution < 1.29 is 18.7 Å². The van der Waals surface area contributed by atoms with Crippen molar-refractivity contribution in [2.45, 2.75) is 89.9 Å². The maximum Gasteiger partial charge on any atom is 0.246 e. The smallest absolute Gasteiger partial charge is 0.246 e. The van der Waals surface area contributed by atoms with E-state index in [4.69, 9.17) is 15.7 Å². The van der Waals surface area contributed by atoms with E-state index in [2.05, 4.69) is 37.9 Å². The van der Waals surface area contributed by atoms with Gasteiger partial charge in [-0.3, -0.25) is 18.7 Å². The molecular formula is C30H42B2N2O4P2. The summed E-state index contributed by atoms with van der Waals surface area (Å²) in [6.45, 7) is 8.33. The Bertz CT molecular complexity index is 932. The Balaban J connectivity index is 0.000000400. The van der Waals surface area contributed by atoms with Gasteiger partial charge in [-0.25, -0.2) is 10.2 Å². The van der Waals surface area contributed by atoms with Crippen LogP contribution < -0.4 is 10.2 Å². The fraction of sp³-hybridized carbons (Fsp3) is 0.533. The van der Waals surface area contributed by atoms with Crippen LogP contribution in [-0.2, 0) is 31.6 Å². The minimum Gasteiger partial charge on any atom is -0.298 e.